The van der Waals surface area contributed by atoms with E-state index in [0.717, 1.165) is 33.0 Å². The van der Waals surface area contributed by atoms with Crippen LogP contribution < -0.4 is 4.57 Å². The van der Waals surface area contributed by atoms with Crippen LogP contribution in [0.3, 0.4) is 0 Å². The highest BCUT2D eigenvalue weighted by Gasteiger charge is 2.25. The Morgan fingerprint density at radius 1 is 1.03 bits per heavy atom. The van der Waals surface area contributed by atoms with Gasteiger partial charge in [0.05, 0.1) is 12.1 Å². The highest BCUT2D eigenvalue weighted by molar-refractivity contribution is 6.14. The standard InChI is InChI=1S/C31H28FN2O/c1-19-12-13-23-25-16-22(33-5)15-24(20-10-8-7-9-11-20)29(25)35-30(23)28(19)27-14-21(17-31(2,3)4)26(32)18-34(27)6/h7-16,18H,17H2,1-4,6H3/q+1/i17D2. The largest absolute Gasteiger partial charge is 0.455 e. The molecule has 0 saturated carbocycles. The third-order valence-electron chi connectivity index (χ3n) is 6.14. The molecule has 2 heterocycles. The van der Waals surface area contributed by atoms with Gasteiger partial charge in [0.1, 0.15) is 18.2 Å². The molecule has 0 amide bonds. The van der Waals surface area contributed by atoms with E-state index in [-0.39, 0.29) is 5.56 Å². The highest BCUT2D eigenvalue weighted by atomic mass is 19.1. The molecular formula is C31H28FN2O+. The number of hydrogen-bond donors (Lipinski definition) is 0. The van der Waals surface area contributed by atoms with Crippen LogP contribution in [0.1, 0.15) is 34.6 Å². The normalized spacial score (nSPS) is 13.1. The summed E-state index contributed by atoms with van der Waals surface area (Å²) in [5.74, 6) is -0.589. The molecule has 0 aliphatic rings. The number of nitrogens with zero attached hydrogens (tertiary/aromatic N) is 2. The predicted molar refractivity (Wildman–Crippen MR) is 140 cm³/mol. The number of benzene rings is 3. The van der Waals surface area contributed by atoms with Crippen LogP contribution >= 0.6 is 0 Å². The SMILES string of the molecule is [2H]C([2H])(c1cc(-c2c(C)ccc3c2oc2c(-c4ccccc4)cc([N+]#[C-])cc23)[n+](C)cc1F)C(C)(C)C. The van der Waals surface area contributed by atoms with E-state index in [2.05, 4.69) is 4.85 Å². The smallest absolute Gasteiger partial charge is 0.216 e. The van der Waals surface area contributed by atoms with Crippen LogP contribution in [0.25, 0.3) is 49.2 Å². The second kappa shape index (κ2) is 8.36. The molecule has 0 atom stereocenters. The van der Waals surface area contributed by atoms with E-state index >= 15 is 4.39 Å². The number of halogens is 1. The Hall–Kier alpha value is -3.97. The summed E-state index contributed by atoms with van der Waals surface area (Å²) in [6.45, 7) is 14.9. The van der Waals surface area contributed by atoms with E-state index in [1.807, 2.05) is 61.5 Å². The number of rotatable bonds is 3. The zero-order chi connectivity index (χ0) is 26.7. The van der Waals surface area contributed by atoms with E-state index in [4.69, 9.17) is 13.7 Å². The number of aryl methyl sites for hydroxylation is 2. The summed E-state index contributed by atoms with van der Waals surface area (Å²) < 4.78 is 40.9. The maximum Gasteiger partial charge on any atom is 0.216 e. The lowest BCUT2D eigenvalue weighted by molar-refractivity contribution is -0.662. The molecule has 0 N–H and O–H groups in total. The van der Waals surface area contributed by atoms with E-state index in [1.54, 1.807) is 38.5 Å². The summed E-state index contributed by atoms with van der Waals surface area (Å²) >= 11 is 0. The van der Waals surface area contributed by atoms with Crippen molar-refractivity contribution in [2.24, 2.45) is 12.5 Å². The van der Waals surface area contributed by atoms with Gasteiger partial charge in [0.15, 0.2) is 11.5 Å². The Morgan fingerprint density at radius 2 is 1.77 bits per heavy atom. The predicted octanol–water partition coefficient (Wildman–Crippen LogP) is 8.33. The van der Waals surface area contributed by atoms with Gasteiger partial charge in [-0.2, -0.15) is 4.57 Å². The lowest BCUT2D eigenvalue weighted by atomic mass is 9.87. The lowest BCUT2D eigenvalue weighted by Crippen LogP contribution is -2.32. The topological polar surface area (TPSA) is 21.4 Å². The Balaban J connectivity index is 1.87. The molecule has 0 bridgehead atoms. The molecule has 0 radical (unpaired) electrons. The first-order valence-corrected chi connectivity index (χ1v) is 11.6. The first-order valence-electron chi connectivity index (χ1n) is 12.6. The summed E-state index contributed by atoms with van der Waals surface area (Å²) in [4.78, 5) is 3.70. The minimum Gasteiger partial charge on any atom is -0.455 e. The number of pyridine rings is 1. The number of aromatic nitrogens is 1. The minimum atomic E-state index is -1.90. The summed E-state index contributed by atoms with van der Waals surface area (Å²) in [6.07, 6.45) is -0.567. The van der Waals surface area contributed by atoms with E-state index in [1.165, 1.54) is 6.20 Å². The van der Waals surface area contributed by atoms with Crippen LogP contribution in [-0.2, 0) is 13.4 Å². The van der Waals surface area contributed by atoms with Crippen LogP contribution in [0.15, 0.2) is 71.3 Å². The molecule has 0 aliphatic heterocycles. The third-order valence-corrected chi connectivity index (χ3v) is 6.14. The molecule has 35 heavy (non-hydrogen) atoms. The van der Waals surface area contributed by atoms with Crippen molar-refractivity contribution in [1.29, 1.82) is 0 Å². The van der Waals surface area contributed by atoms with Gasteiger partial charge in [-0.3, -0.25) is 0 Å². The zero-order valence-electron chi connectivity index (χ0n) is 22.5. The molecule has 0 saturated heterocycles. The van der Waals surface area contributed by atoms with Gasteiger partial charge in [0.2, 0.25) is 11.9 Å². The van der Waals surface area contributed by atoms with Gasteiger partial charge in [-0.1, -0.05) is 63.2 Å². The van der Waals surface area contributed by atoms with Gasteiger partial charge in [0, 0.05) is 30.7 Å². The molecule has 3 nitrogen and oxygen atoms in total. The molecule has 0 unspecified atom stereocenters. The first-order chi connectivity index (χ1) is 17.4. The summed E-state index contributed by atoms with van der Waals surface area (Å²) in [5, 5.41) is 1.68. The third kappa shape index (κ3) is 4.08. The quantitative estimate of drug-likeness (QED) is 0.194. The van der Waals surface area contributed by atoms with Gasteiger partial charge < -0.3 is 4.42 Å². The molecule has 0 spiro atoms. The van der Waals surface area contributed by atoms with Crippen molar-refractivity contribution in [3.05, 3.63) is 95.2 Å². The fourth-order valence-electron chi connectivity index (χ4n) is 4.60. The van der Waals surface area contributed by atoms with Gasteiger partial charge in [0.25, 0.3) is 0 Å². The number of hydrogen-bond acceptors (Lipinski definition) is 1. The van der Waals surface area contributed by atoms with Gasteiger partial charge in [-0.15, -0.1) is 0 Å². The highest BCUT2D eigenvalue weighted by Crippen LogP contribution is 2.42. The number of furan rings is 1. The van der Waals surface area contributed by atoms with Crippen molar-refractivity contribution in [3.8, 4) is 22.4 Å². The minimum absolute atomic E-state index is 0.0147. The molecule has 174 valence electrons. The second-order valence-corrected chi connectivity index (χ2v) is 9.99. The van der Waals surface area contributed by atoms with Crippen molar-refractivity contribution >= 4 is 27.6 Å². The van der Waals surface area contributed by atoms with Crippen LogP contribution in [-0.4, -0.2) is 0 Å². The van der Waals surface area contributed by atoms with Gasteiger partial charge in [-0.25, -0.2) is 9.24 Å². The van der Waals surface area contributed by atoms with Crippen LogP contribution in [0.5, 0.6) is 0 Å². The van der Waals surface area contributed by atoms with Crippen molar-refractivity contribution in [2.75, 3.05) is 0 Å². The average molecular weight is 466 g/mol. The van der Waals surface area contributed by atoms with Crippen LogP contribution in [0.2, 0.25) is 0 Å². The van der Waals surface area contributed by atoms with Gasteiger partial charge in [-0.05, 0) is 42.0 Å². The van der Waals surface area contributed by atoms with Crippen molar-refractivity contribution in [1.82, 2.24) is 0 Å². The van der Waals surface area contributed by atoms with Crippen molar-refractivity contribution < 1.29 is 16.1 Å². The molecule has 4 heteroatoms. The fourth-order valence-corrected chi connectivity index (χ4v) is 4.60. The zero-order valence-corrected chi connectivity index (χ0v) is 20.5. The monoisotopic (exact) mass is 465 g/mol. The Morgan fingerprint density at radius 3 is 2.46 bits per heavy atom. The summed E-state index contributed by atoms with van der Waals surface area (Å²) in [5.41, 5.74) is 5.14. The molecule has 0 fully saturated rings. The van der Waals surface area contributed by atoms with Gasteiger partial charge >= 0.3 is 0 Å². The molecule has 5 aromatic rings. The number of fused-ring (bicyclic) bond motifs is 3. The molecule has 2 aromatic heterocycles. The summed E-state index contributed by atoms with van der Waals surface area (Å²) in [7, 11) is 1.75. The fraction of sp³-hybridized carbons (Fsp3) is 0.226. The molecule has 3 aromatic carbocycles. The Kier molecular flexibility index (Phi) is 4.87. The lowest BCUT2D eigenvalue weighted by Gasteiger charge is -2.18. The van der Waals surface area contributed by atoms with Crippen LogP contribution in [0.4, 0.5) is 10.1 Å². The Labute approximate surface area is 208 Å². The molecule has 5 rings (SSSR count). The molecular weight excluding hydrogens is 435 g/mol. The van der Waals surface area contributed by atoms with E-state index in [9.17, 15) is 0 Å². The average Bonchev–Trinajstić information content (AvgIpc) is 3.22. The van der Waals surface area contributed by atoms with Crippen LogP contribution in [0, 0.1) is 24.7 Å². The maximum atomic E-state index is 15.2. The molecule has 0 aliphatic carbocycles. The summed E-state index contributed by atoms with van der Waals surface area (Å²) in [6, 6.07) is 19.1. The van der Waals surface area contributed by atoms with E-state index < -0.39 is 17.6 Å². The Bertz CT molecular complexity index is 1720. The second-order valence-electron chi connectivity index (χ2n) is 9.99. The van der Waals surface area contributed by atoms with E-state index in [0.29, 0.717) is 22.5 Å². The first kappa shape index (κ1) is 20.4. The van der Waals surface area contributed by atoms with Crippen molar-refractivity contribution in [2.45, 2.75) is 34.1 Å². The van der Waals surface area contributed by atoms with Crippen molar-refractivity contribution in [3.63, 3.8) is 0 Å². The maximum absolute atomic E-state index is 15.2.